The Balaban J connectivity index is 1.67. The molecule has 0 aliphatic carbocycles. The number of hydrogen-bond acceptors (Lipinski definition) is 3. The molecule has 1 N–H and O–H groups in total. The van der Waals surface area contributed by atoms with Gasteiger partial charge in [-0.2, -0.15) is 5.10 Å². The molecule has 0 aliphatic heterocycles. The SMILES string of the molecule is CCNC(=NCc1cccc(Cn2cncn2)c1)N(C)Cc1ccccc1. The van der Waals surface area contributed by atoms with Gasteiger partial charge in [-0.05, 0) is 23.6 Å². The van der Waals surface area contributed by atoms with Crippen LogP contribution in [-0.2, 0) is 19.6 Å². The van der Waals surface area contributed by atoms with E-state index in [9.17, 15) is 0 Å². The minimum atomic E-state index is 0.632. The van der Waals surface area contributed by atoms with Crippen molar-refractivity contribution in [2.24, 2.45) is 4.99 Å². The highest BCUT2D eigenvalue weighted by atomic mass is 15.3. The third kappa shape index (κ3) is 5.67. The molecule has 6 nitrogen and oxygen atoms in total. The molecule has 6 heteroatoms. The monoisotopic (exact) mass is 362 g/mol. The number of nitrogens with zero attached hydrogens (tertiary/aromatic N) is 5. The molecule has 3 rings (SSSR count). The van der Waals surface area contributed by atoms with Crippen LogP contribution < -0.4 is 5.32 Å². The van der Waals surface area contributed by atoms with Gasteiger partial charge in [-0.15, -0.1) is 0 Å². The van der Waals surface area contributed by atoms with Crippen molar-refractivity contribution >= 4 is 5.96 Å². The van der Waals surface area contributed by atoms with Crippen LogP contribution in [0.3, 0.4) is 0 Å². The molecule has 0 aliphatic rings. The summed E-state index contributed by atoms with van der Waals surface area (Å²) >= 11 is 0. The van der Waals surface area contributed by atoms with Crippen molar-refractivity contribution in [3.8, 4) is 0 Å². The first-order chi connectivity index (χ1) is 13.2. The van der Waals surface area contributed by atoms with Gasteiger partial charge in [-0.3, -0.25) is 0 Å². The van der Waals surface area contributed by atoms with Gasteiger partial charge >= 0.3 is 0 Å². The lowest BCUT2D eigenvalue weighted by molar-refractivity contribution is 0.477. The van der Waals surface area contributed by atoms with E-state index in [1.54, 1.807) is 12.7 Å². The maximum atomic E-state index is 4.81. The van der Waals surface area contributed by atoms with E-state index in [2.05, 4.69) is 82.8 Å². The third-order valence-electron chi connectivity index (χ3n) is 4.17. The molecule has 1 aromatic heterocycles. The van der Waals surface area contributed by atoms with Crippen molar-refractivity contribution in [2.45, 2.75) is 26.6 Å². The van der Waals surface area contributed by atoms with E-state index < -0.39 is 0 Å². The maximum Gasteiger partial charge on any atom is 0.194 e. The molecule has 0 bridgehead atoms. The number of aliphatic imine (C=N–C) groups is 1. The highest BCUT2D eigenvalue weighted by Crippen LogP contribution is 2.09. The van der Waals surface area contributed by atoms with Crippen LogP contribution in [0.15, 0.2) is 72.2 Å². The molecule has 0 amide bonds. The van der Waals surface area contributed by atoms with E-state index >= 15 is 0 Å². The molecule has 0 spiro atoms. The van der Waals surface area contributed by atoms with Gasteiger partial charge in [0.25, 0.3) is 0 Å². The largest absolute Gasteiger partial charge is 0.357 e. The minimum absolute atomic E-state index is 0.632. The van der Waals surface area contributed by atoms with Crippen LogP contribution >= 0.6 is 0 Å². The van der Waals surface area contributed by atoms with E-state index in [-0.39, 0.29) is 0 Å². The van der Waals surface area contributed by atoms with E-state index in [0.717, 1.165) is 19.0 Å². The Kier molecular flexibility index (Phi) is 6.57. The molecule has 3 aromatic rings. The molecule has 0 radical (unpaired) electrons. The quantitative estimate of drug-likeness (QED) is 0.519. The average molecular weight is 362 g/mol. The molecule has 0 fully saturated rings. The Bertz CT molecular complexity index is 842. The second kappa shape index (κ2) is 9.52. The molecule has 0 atom stereocenters. The Labute approximate surface area is 160 Å². The van der Waals surface area contributed by atoms with Crippen LogP contribution in [0, 0.1) is 0 Å². The lowest BCUT2D eigenvalue weighted by Crippen LogP contribution is -2.38. The predicted molar refractivity (Wildman–Crippen MR) is 108 cm³/mol. The van der Waals surface area contributed by atoms with Crippen molar-refractivity contribution in [1.82, 2.24) is 25.0 Å². The fraction of sp³-hybridized carbons (Fsp3) is 0.286. The minimum Gasteiger partial charge on any atom is -0.357 e. The van der Waals surface area contributed by atoms with Crippen molar-refractivity contribution in [2.75, 3.05) is 13.6 Å². The maximum absolute atomic E-state index is 4.81. The highest BCUT2D eigenvalue weighted by molar-refractivity contribution is 5.79. The molecule has 140 valence electrons. The van der Waals surface area contributed by atoms with E-state index in [4.69, 9.17) is 4.99 Å². The smallest absolute Gasteiger partial charge is 0.194 e. The van der Waals surface area contributed by atoms with Crippen molar-refractivity contribution in [3.63, 3.8) is 0 Å². The van der Waals surface area contributed by atoms with Crippen molar-refractivity contribution in [1.29, 1.82) is 0 Å². The van der Waals surface area contributed by atoms with Crippen molar-refractivity contribution in [3.05, 3.63) is 83.9 Å². The number of guanidine groups is 1. The summed E-state index contributed by atoms with van der Waals surface area (Å²) < 4.78 is 1.82. The highest BCUT2D eigenvalue weighted by Gasteiger charge is 2.06. The van der Waals surface area contributed by atoms with Gasteiger partial charge < -0.3 is 10.2 Å². The topological polar surface area (TPSA) is 58.3 Å². The molecule has 2 aromatic carbocycles. The first kappa shape index (κ1) is 18.6. The summed E-state index contributed by atoms with van der Waals surface area (Å²) in [4.78, 5) is 11.0. The van der Waals surface area contributed by atoms with Gasteiger partial charge in [0.15, 0.2) is 5.96 Å². The Morgan fingerprint density at radius 2 is 1.85 bits per heavy atom. The Hall–Kier alpha value is -3.15. The zero-order valence-electron chi connectivity index (χ0n) is 15.9. The van der Waals surface area contributed by atoms with Gasteiger partial charge in [0.1, 0.15) is 12.7 Å². The fourth-order valence-electron chi connectivity index (χ4n) is 2.90. The molecular weight excluding hydrogens is 336 g/mol. The summed E-state index contributed by atoms with van der Waals surface area (Å²) in [7, 11) is 2.07. The fourth-order valence-corrected chi connectivity index (χ4v) is 2.90. The lowest BCUT2D eigenvalue weighted by Gasteiger charge is -2.22. The molecule has 0 saturated heterocycles. The van der Waals surface area contributed by atoms with Crippen LogP contribution in [0.4, 0.5) is 0 Å². The number of nitrogens with one attached hydrogen (secondary N) is 1. The number of rotatable bonds is 7. The second-order valence-electron chi connectivity index (χ2n) is 6.42. The molecule has 0 saturated carbocycles. The number of hydrogen-bond donors (Lipinski definition) is 1. The van der Waals surface area contributed by atoms with Gasteiger partial charge in [0.05, 0.1) is 13.1 Å². The Morgan fingerprint density at radius 3 is 2.59 bits per heavy atom. The third-order valence-corrected chi connectivity index (χ3v) is 4.17. The predicted octanol–water partition coefficient (Wildman–Crippen LogP) is 2.92. The van der Waals surface area contributed by atoms with E-state index in [1.807, 2.05) is 10.7 Å². The number of aromatic nitrogens is 3. The van der Waals surface area contributed by atoms with Crippen LogP contribution in [0.1, 0.15) is 23.6 Å². The van der Waals surface area contributed by atoms with Gasteiger partial charge in [0, 0.05) is 20.1 Å². The summed E-state index contributed by atoms with van der Waals surface area (Å²) in [5, 5.41) is 7.54. The summed E-state index contributed by atoms with van der Waals surface area (Å²) in [6, 6.07) is 18.9. The van der Waals surface area contributed by atoms with Gasteiger partial charge in [0.2, 0.25) is 0 Å². The van der Waals surface area contributed by atoms with Crippen LogP contribution in [-0.4, -0.2) is 39.2 Å². The van der Waals surface area contributed by atoms with Crippen LogP contribution in [0.5, 0.6) is 0 Å². The first-order valence-electron chi connectivity index (χ1n) is 9.18. The zero-order valence-corrected chi connectivity index (χ0v) is 15.9. The molecular formula is C21H26N6. The summed E-state index contributed by atoms with van der Waals surface area (Å²) in [6.45, 7) is 5.09. The van der Waals surface area contributed by atoms with Crippen LogP contribution in [0.25, 0.3) is 0 Å². The second-order valence-corrected chi connectivity index (χ2v) is 6.42. The molecule has 27 heavy (non-hydrogen) atoms. The van der Waals surface area contributed by atoms with Gasteiger partial charge in [-0.1, -0.05) is 54.6 Å². The summed E-state index contributed by atoms with van der Waals surface area (Å²) in [5.74, 6) is 0.906. The summed E-state index contributed by atoms with van der Waals surface area (Å²) in [5.41, 5.74) is 3.63. The van der Waals surface area contributed by atoms with Gasteiger partial charge in [-0.25, -0.2) is 14.7 Å². The summed E-state index contributed by atoms with van der Waals surface area (Å²) in [6.07, 6.45) is 3.28. The average Bonchev–Trinajstić information content (AvgIpc) is 3.19. The number of benzene rings is 2. The molecule has 0 unspecified atom stereocenters. The zero-order chi connectivity index (χ0) is 18.9. The lowest BCUT2D eigenvalue weighted by atomic mass is 10.1. The standard InChI is InChI=1S/C21H26N6/c1-3-23-21(26(2)14-18-8-5-4-6-9-18)24-13-19-10-7-11-20(12-19)15-27-17-22-16-25-27/h4-12,16-17H,3,13-15H2,1-2H3,(H,23,24). The van der Waals surface area contributed by atoms with Crippen LogP contribution in [0.2, 0.25) is 0 Å². The van der Waals surface area contributed by atoms with Crippen molar-refractivity contribution < 1.29 is 0 Å². The van der Waals surface area contributed by atoms with E-state index in [0.29, 0.717) is 13.1 Å². The van der Waals surface area contributed by atoms with E-state index in [1.165, 1.54) is 16.7 Å². The normalized spacial score (nSPS) is 11.4. The first-order valence-corrected chi connectivity index (χ1v) is 9.18. The molecule has 1 heterocycles. The Morgan fingerprint density at radius 1 is 1.07 bits per heavy atom.